The highest BCUT2D eigenvalue weighted by molar-refractivity contribution is 5.97. The molecule has 1 saturated heterocycles. The summed E-state index contributed by atoms with van der Waals surface area (Å²) in [5.74, 6) is -1.85. The number of carbonyl (C=O) groups excluding carboxylic acids is 4. The molecule has 0 radical (unpaired) electrons. The van der Waals surface area contributed by atoms with Gasteiger partial charge in [0.1, 0.15) is 17.2 Å². The van der Waals surface area contributed by atoms with E-state index in [0.717, 1.165) is 5.01 Å². The van der Waals surface area contributed by atoms with Crippen molar-refractivity contribution in [1.29, 1.82) is 0 Å². The molecule has 2 N–H and O–H groups in total. The minimum Gasteiger partial charge on any atom is -0.497 e. The van der Waals surface area contributed by atoms with E-state index in [2.05, 4.69) is 10.7 Å². The van der Waals surface area contributed by atoms with E-state index < -0.39 is 36.2 Å². The zero-order valence-electron chi connectivity index (χ0n) is 19.0. The van der Waals surface area contributed by atoms with E-state index in [4.69, 9.17) is 18.9 Å². The van der Waals surface area contributed by atoms with Crippen molar-refractivity contribution in [1.82, 2.24) is 10.4 Å². The molecule has 1 fully saturated rings. The molecule has 180 valence electrons. The Morgan fingerprint density at radius 3 is 2.32 bits per heavy atom. The van der Waals surface area contributed by atoms with Gasteiger partial charge in [0.25, 0.3) is 11.8 Å². The smallest absolute Gasteiger partial charge is 0.311 e. The van der Waals surface area contributed by atoms with Crippen molar-refractivity contribution >= 4 is 29.4 Å². The number of esters is 1. The fourth-order valence-corrected chi connectivity index (χ4v) is 3.29. The van der Waals surface area contributed by atoms with Crippen LogP contribution < -0.4 is 25.0 Å². The quantitative estimate of drug-likeness (QED) is 0.525. The van der Waals surface area contributed by atoms with Gasteiger partial charge < -0.3 is 24.3 Å². The minimum absolute atomic E-state index is 0.0847. The van der Waals surface area contributed by atoms with Gasteiger partial charge in [-0.1, -0.05) is 12.1 Å². The number of hydrazine groups is 1. The standard InChI is InChI=1S/C23H25N3O8/c1-31-16-8-14(9-17(11-16)32-2)22(29)25-26-12-15(10-21(26)28)23(30)34-13-20(27)24-18-6-4-5-7-19(18)33-3/h4-9,11,15H,10,12-13H2,1-3H3,(H,24,27)(H,25,29)/t15-/m1/s1. The molecule has 11 nitrogen and oxygen atoms in total. The van der Waals surface area contributed by atoms with E-state index in [1.54, 1.807) is 30.3 Å². The highest BCUT2D eigenvalue weighted by Gasteiger charge is 2.37. The highest BCUT2D eigenvalue weighted by Crippen LogP contribution is 2.24. The maximum Gasteiger partial charge on any atom is 0.311 e. The van der Waals surface area contributed by atoms with E-state index in [-0.39, 0.29) is 18.5 Å². The molecular formula is C23H25N3O8. The molecule has 0 spiro atoms. The molecule has 2 aromatic carbocycles. The lowest BCUT2D eigenvalue weighted by Crippen LogP contribution is -2.43. The molecule has 0 aliphatic carbocycles. The van der Waals surface area contributed by atoms with Crippen LogP contribution in [0.3, 0.4) is 0 Å². The zero-order valence-corrected chi connectivity index (χ0v) is 19.0. The molecule has 1 aliphatic heterocycles. The summed E-state index contributed by atoms with van der Waals surface area (Å²) in [5.41, 5.74) is 3.12. The van der Waals surface area contributed by atoms with Crippen molar-refractivity contribution in [2.24, 2.45) is 5.92 Å². The number of para-hydroxylation sites is 2. The number of carbonyl (C=O) groups is 4. The predicted octanol–water partition coefficient (Wildman–Crippen LogP) is 1.39. The molecule has 3 rings (SSSR count). The van der Waals surface area contributed by atoms with E-state index in [1.165, 1.54) is 33.5 Å². The molecule has 11 heteroatoms. The molecule has 0 unspecified atom stereocenters. The van der Waals surface area contributed by atoms with Gasteiger partial charge >= 0.3 is 5.97 Å². The second kappa shape index (κ2) is 11.0. The van der Waals surface area contributed by atoms with Crippen LogP contribution in [-0.2, 0) is 19.1 Å². The Morgan fingerprint density at radius 2 is 1.68 bits per heavy atom. The number of hydrogen-bond acceptors (Lipinski definition) is 8. The predicted molar refractivity (Wildman–Crippen MR) is 119 cm³/mol. The molecule has 2 aromatic rings. The molecule has 0 aromatic heterocycles. The van der Waals surface area contributed by atoms with Crippen molar-refractivity contribution in [3.63, 3.8) is 0 Å². The zero-order chi connectivity index (χ0) is 24.7. The number of ether oxygens (including phenoxy) is 4. The van der Waals surface area contributed by atoms with E-state index in [0.29, 0.717) is 22.9 Å². The van der Waals surface area contributed by atoms with Gasteiger partial charge in [-0.25, -0.2) is 0 Å². The van der Waals surface area contributed by atoms with Gasteiger partial charge in [-0.05, 0) is 24.3 Å². The summed E-state index contributed by atoms with van der Waals surface area (Å²) in [7, 11) is 4.37. The topological polar surface area (TPSA) is 133 Å². The lowest BCUT2D eigenvalue weighted by molar-refractivity contribution is -0.151. The van der Waals surface area contributed by atoms with Crippen LogP contribution in [0.4, 0.5) is 5.69 Å². The summed E-state index contributed by atoms with van der Waals surface area (Å²) in [5, 5.41) is 3.64. The summed E-state index contributed by atoms with van der Waals surface area (Å²) in [6.45, 7) is -0.615. The Hall–Kier alpha value is -4.28. The molecule has 1 atom stereocenters. The molecule has 1 aliphatic rings. The number of anilines is 1. The number of benzene rings is 2. The third-order valence-electron chi connectivity index (χ3n) is 5.04. The summed E-state index contributed by atoms with van der Waals surface area (Å²) >= 11 is 0. The van der Waals surface area contributed by atoms with Gasteiger partial charge in [0.05, 0.1) is 39.5 Å². The maximum atomic E-state index is 12.6. The summed E-state index contributed by atoms with van der Waals surface area (Å²) in [4.78, 5) is 49.4. The summed E-state index contributed by atoms with van der Waals surface area (Å²) < 4.78 is 20.5. The first kappa shape index (κ1) is 24.4. The maximum absolute atomic E-state index is 12.6. The average molecular weight is 471 g/mol. The van der Waals surface area contributed by atoms with Crippen LogP contribution in [0.2, 0.25) is 0 Å². The fourth-order valence-electron chi connectivity index (χ4n) is 3.29. The van der Waals surface area contributed by atoms with Crippen LogP contribution in [0.15, 0.2) is 42.5 Å². The largest absolute Gasteiger partial charge is 0.497 e. The monoisotopic (exact) mass is 471 g/mol. The molecule has 0 bridgehead atoms. The summed E-state index contributed by atoms with van der Waals surface area (Å²) in [6, 6.07) is 11.4. The lowest BCUT2D eigenvalue weighted by Gasteiger charge is -2.18. The number of nitrogens with zero attached hydrogens (tertiary/aromatic N) is 1. The first-order valence-corrected chi connectivity index (χ1v) is 10.3. The normalized spacial score (nSPS) is 14.9. The number of rotatable bonds is 9. The number of hydrogen-bond donors (Lipinski definition) is 2. The van der Waals surface area contributed by atoms with Gasteiger partial charge in [0, 0.05) is 18.1 Å². The Labute approximate surface area is 195 Å². The van der Waals surface area contributed by atoms with Crippen LogP contribution in [0.1, 0.15) is 16.8 Å². The van der Waals surface area contributed by atoms with Crippen molar-refractivity contribution in [3.8, 4) is 17.2 Å². The second-order valence-electron chi connectivity index (χ2n) is 7.30. The summed E-state index contributed by atoms with van der Waals surface area (Å²) in [6.07, 6.45) is -0.158. The minimum atomic E-state index is -0.827. The van der Waals surface area contributed by atoms with Crippen molar-refractivity contribution in [3.05, 3.63) is 48.0 Å². The first-order valence-electron chi connectivity index (χ1n) is 10.3. The SMILES string of the molecule is COc1cc(OC)cc(C(=O)NN2C[C@H](C(=O)OCC(=O)Nc3ccccc3OC)CC2=O)c1. The van der Waals surface area contributed by atoms with Crippen molar-refractivity contribution in [2.45, 2.75) is 6.42 Å². The third-order valence-corrected chi connectivity index (χ3v) is 5.04. The van der Waals surface area contributed by atoms with E-state index in [9.17, 15) is 19.2 Å². The van der Waals surface area contributed by atoms with Crippen LogP contribution in [0.25, 0.3) is 0 Å². The number of methoxy groups -OCH3 is 3. The first-order chi connectivity index (χ1) is 16.3. The number of amides is 3. The van der Waals surface area contributed by atoms with Gasteiger partial charge in [0.15, 0.2) is 6.61 Å². The molecule has 1 heterocycles. The Morgan fingerprint density at radius 1 is 1.00 bits per heavy atom. The molecule has 3 amide bonds. The third kappa shape index (κ3) is 5.94. The van der Waals surface area contributed by atoms with Gasteiger partial charge in [0.2, 0.25) is 5.91 Å². The fraction of sp³-hybridized carbons (Fsp3) is 0.304. The van der Waals surface area contributed by atoms with Crippen LogP contribution >= 0.6 is 0 Å². The number of nitrogens with one attached hydrogen (secondary N) is 2. The Bertz CT molecular complexity index is 1070. The second-order valence-corrected chi connectivity index (χ2v) is 7.30. The van der Waals surface area contributed by atoms with Gasteiger partial charge in [-0.3, -0.25) is 29.6 Å². The Balaban J connectivity index is 1.53. The molecular weight excluding hydrogens is 446 g/mol. The van der Waals surface area contributed by atoms with Crippen LogP contribution in [0.5, 0.6) is 17.2 Å². The molecule has 34 heavy (non-hydrogen) atoms. The molecule has 0 saturated carbocycles. The lowest BCUT2D eigenvalue weighted by atomic mass is 10.1. The Kier molecular flexibility index (Phi) is 7.91. The van der Waals surface area contributed by atoms with Crippen molar-refractivity contribution < 1.29 is 38.1 Å². The van der Waals surface area contributed by atoms with Crippen LogP contribution in [0, 0.1) is 5.92 Å². The highest BCUT2D eigenvalue weighted by atomic mass is 16.5. The van der Waals surface area contributed by atoms with Gasteiger partial charge in [-0.15, -0.1) is 0 Å². The van der Waals surface area contributed by atoms with E-state index in [1.807, 2.05) is 0 Å². The van der Waals surface area contributed by atoms with Crippen LogP contribution in [-0.4, -0.2) is 63.2 Å². The average Bonchev–Trinajstić information content (AvgIpc) is 3.22. The van der Waals surface area contributed by atoms with E-state index >= 15 is 0 Å². The van der Waals surface area contributed by atoms with Crippen molar-refractivity contribution in [2.75, 3.05) is 39.8 Å². The van der Waals surface area contributed by atoms with Gasteiger partial charge in [-0.2, -0.15) is 0 Å².